The van der Waals surface area contributed by atoms with Crippen LogP contribution in [0.5, 0.6) is 5.75 Å². The van der Waals surface area contributed by atoms with Crippen LogP contribution >= 0.6 is 11.8 Å². The van der Waals surface area contributed by atoms with Gasteiger partial charge >= 0.3 is 0 Å². The number of aryl methyl sites for hydroxylation is 1. The summed E-state index contributed by atoms with van der Waals surface area (Å²) in [4.78, 5) is 26.6. The van der Waals surface area contributed by atoms with Gasteiger partial charge in [0.2, 0.25) is 11.8 Å². The number of hydrogen-bond acceptors (Lipinski definition) is 6. The van der Waals surface area contributed by atoms with E-state index in [0.717, 1.165) is 23.7 Å². The number of sulfonamides is 1. The van der Waals surface area contributed by atoms with E-state index < -0.39 is 15.3 Å². The Kier molecular flexibility index (Phi) is 7.57. The van der Waals surface area contributed by atoms with Crippen LogP contribution in [0.3, 0.4) is 0 Å². The van der Waals surface area contributed by atoms with Crippen molar-refractivity contribution in [3.05, 3.63) is 54.1 Å². The molecule has 1 heterocycles. The van der Waals surface area contributed by atoms with Gasteiger partial charge in [0.25, 0.3) is 10.0 Å². The highest BCUT2D eigenvalue weighted by atomic mass is 32.2. The van der Waals surface area contributed by atoms with Crippen molar-refractivity contribution in [3.63, 3.8) is 0 Å². The maximum atomic E-state index is 12.8. The Morgan fingerprint density at radius 2 is 1.91 bits per heavy atom. The molecule has 1 saturated heterocycles. The molecule has 0 saturated carbocycles. The van der Waals surface area contributed by atoms with E-state index in [2.05, 4.69) is 9.71 Å². The molecule has 0 radical (unpaired) electrons. The second-order valence-corrected chi connectivity index (χ2v) is 9.79. The van der Waals surface area contributed by atoms with Crippen molar-refractivity contribution < 1.29 is 22.7 Å². The molecule has 1 aliphatic rings. The first-order valence-electron chi connectivity index (χ1n) is 10.1. The summed E-state index contributed by atoms with van der Waals surface area (Å²) in [5.74, 6) is -0.106. The molecule has 32 heavy (non-hydrogen) atoms. The van der Waals surface area contributed by atoms with Crippen LogP contribution in [-0.2, 0) is 26.0 Å². The molecule has 10 heteroatoms. The molecular weight excluding hydrogens is 450 g/mol. The number of rotatable bonds is 8. The number of carbonyl (C=O) groups excluding carboxylic acids is 2. The maximum Gasteiger partial charge on any atom is 0.284 e. The first kappa shape index (κ1) is 23.8. The van der Waals surface area contributed by atoms with Crippen LogP contribution in [0.25, 0.3) is 0 Å². The van der Waals surface area contributed by atoms with Crippen molar-refractivity contribution in [2.45, 2.75) is 36.8 Å². The Morgan fingerprint density at radius 1 is 1.19 bits per heavy atom. The van der Waals surface area contributed by atoms with Gasteiger partial charge in [-0.05, 0) is 43.2 Å². The van der Waals surface area contributed by atoms with Crippen LogP contribution < -0.4 is 10.1 Å². The molecule has 1 atom stereocenters. The van der Waals surface area contributed by atoms with Gasteiger partial charge in [-0.3, -0.25) is 14.5 Å². The smallest absolute Gasteiger partial charge is 0.284 e. The van der Waals surface area contributed by atoms with E-state index in [-0.39, 0.29) is 34.8 Å². The fourth-order valence-corrected chi connectivity index (χ4v) is 5.55. The summed E-state index contributed by atoms with van der Waals surface area (Å²) in [5.41, 5.74) is 1.56. The highest BCUT2D eigenvalue weighted by Crippen LogP contribution is 2.31. The van der Waals surface area contributed by atoms with Gasteiger partial charge in [0.1, 0.15) is 11.0 Å². The number of carbonyl (C=O) groups is 2. The summed E-state index contributed by atoms with van der Waals surface area (Å²) >= 11 is 0.989. The molecule has 1 N–H and O–H groups in total. The fraction of sp³-hybridized carbons (Fsp3) is 0.318. The monoisotopic (exact) mass is 475 g/mol. The molecule has 0 spiro atoms. The summed E-state index contributed by atoms with van der Waals surface area (Å²) in [6.45, 7) is 3.96. The number of ether oxygens (including phenoxy) is 1. The standard InChI is InChI=1S/C22H25N3O5S2/c1-4-15-9-11-18(12-10-15)32(28,29)24-22-25(5-2)21(27)19(31-22)14-20(26)23-16-7-6-8-17(13-16)30-3/h6-13,19H,4-5,14H2,1-3H3,(H,23,26)/b24-22-. The predicted octanol–water partition coefficient (Wildman–Crippen LogP) is 3.30. The zero-order valence-corrected chi connectivity index (χ0v) is 19.7. The van der Waals surface area contributed by atoms with Crippen molar-refractivity contribution >= 4 is 44.5 Å². The Hall–Kier alpha value is -2.85. The molecule has 1 aliphatic heterocycles. The van der Waals surface area contributed by atoms with Gasteiger partial charge in [-0.15, -0.1) is 4.40 Å². The summed E-state index contributed by atoms with van der Waals surface area (Å²) in [7, 11) is -2.46. The van der Waals surface area contributed by atoms with E-state index in [1.807, 2.05) is 6.92 Å². The van der Waals surface area contributed by atoms with Gasteiger partial charge in [-0.2, -0.15) is 8.42 Å². The molecule has 1 fully saturated rings. The molecular formula is C22H25N3O5S2. The third kappa shape index (κ3) is 5.49. The number of nitrogens with one attached hydrogen (secondary N) is 1. The molecule has 3 rings (SSSR count). The molecule has 1 unspecified atom stereocenters. The molecule has 0 aliphatic carbocycles. The average Bonchev–Trinajstić information content (AvgIpc) is 3.06. The quantitative estimate of drug-likeness (QED) is 0.628. The Bertz CT molecular complexity index is 1130. The first-order chi connectivity index (χ1) is 15.3. The Balaban J connectivity index is 1.75. The van der Waals surface area contributed by atoms with Gasteiger partial charge in [0, 0.05) is 24.7 Å². The minimum Gasteiger partial charge on any atom is -0.497 e. The topological polar surface area (TPSA) is 105 Å². The van der Waals surface area contributed by atoms with Crippen LogP contribution in [0.15, 0.2) is 57.8 Å². The summed E-state index contributed by atoms with van der Waals surface area (Å²) in [6.07, 6.45) is 0.684. The van der Waals surface area contributed by atoms with Crippen molar-refractivity contribution in [1.29, 1.82) is 0 Å². The van der Waals surface area contributed by atoms with E-state index in [4.69, 9.17) is 4.74 Å². The zero-order valence-electron chi connectivity index (χ0n) is 18.1. The number of thioether (sulfide) groups is 1. The number of amidine groups is 1. The van der Waals surface area contributed by atoms with E-state index in [1.165, 1.54) is 24.1 Å². The van der Waals surface area contributed by atoms with Gasteiger partial charge in [-0.25, -0.2) is 0 Å². The van der Waals surface area contributed by atoms with Crippen LogP contribution in [0.1, 0.15) is 25.8 Å². The number of benzene rings is 2. The SMILES string of the molecule is CCc1ccc(S(=O)(=O)/N=C2\SC(CC(=O)Nc3cccc(OC)c3)C(=O)N2CC)cc1. The lowest BCUT2D eigenvalue weighted by atomic mass is 10.2. The summed E-state index contributed by atoms with van der Waals surface area (Å²) in [6, 6.07) is 13.4. The number of hydrogen-bond donors (Lipinski definition) is 1. The van der Waals surface area contributed by atoms with Gasteiger partial charge in [0.05, 0.1) is 12.0 Å². The highest BCUT2D eigenvalue weighted by molar-refractivity contribution is 8.16. The molecule has 0 bridgehead atoms. The molecule has 2 amide bonds. The van der Waals surface area contributed by atoms with E-state index in [9.17, 15) is 18.0 Å². The number of amides is 2. The van der Waals surface area contributed by atoms with Crippen LogP contribution in [0, 0.1) is 0 Å². The van der Waals surface area contributed by atoms with E-state index >= 15 is 0 Å². The third-order valence-corrected chi connectivity index (χ3v) is 7.46. The van der Waals surface area contributed by atoms with Gasteiger partial charge in [-0.1, -0.05) is 36.9 Å². The Labute approximate surface area is 192 Å². The molecule has 8 nitrogen and oxygen atoms in total. The van der Waals surface area contributed by atoms with Crippen molar-refractivity contribution in [1.82, 2.24) is 4.90 Å². The zero-order chi connectivity index (χ0) is 23.3. The lowest BCUT2D eigenvalue weighted by Gasteiger charge is -2.13. The Morgan fingerprint density at radius 3 is 2.53 bits per heavy atom. The summed E-state index contributed by atoms with van der Waals surface area (Å²) < 4.78 is 34.6. The van der Waals surface area contributed by atoms with Crippen molar-refractivity contribution in [2.75, 3.05) is 19.0 Å². The lowest BCUT2D eigenvalue weighted by Crippen LogP contribution is -2.33. The van der Waals surface area contributed by atoms with Crippen molar-refractivity contribution in [3.8, 4) is 5.75 Å². The minimum atomic E-state index is -3.98. The number of methoxy groups -OCH3 is 1. The molecule has 0 aromatic heterocycles. The highest BCUT2D eigenvalue weighted by Gasteiger charge is 2.39. The molecule has 2 aromatic carbocycles. The second kappa shape index (κ2) is 10.2. The van der Waals surface area contributed by atoms with Crippen LogP contribution in [-0.4, -0.2) is 49.2 Å². The third-order valence-electron chi connectivity index (χ3n) is 4.89. The van der Waals surface area contributed by atoms with Crippen LogP contribution in [0.4, 0.5) is 5.69 Å². The summed E-state index contributed by atoms with van der Waals surface area (Å²) in [5, 5.41) is 2.06. The minimum absolute atomic E-state index is 0.0607. The van der Waals surface area contributed by atoms with E-state index in [1.54, 1.807) is 43.3 Å². The normalized spacial score (nSPS) is 17.6. The average molecular weight is 476 g/mol. The number of nitrogens with zero attached hydrogens (tertiary/aromatic N) is 2. The first-order valence-corrected chi connectivity index (χ1v) is 12.4. The lowest BCUT2D eigenvalue weighted by molar-refractivity contribution is -0.128. The maximum absolute atomic E-state index is 12.8. The molecule has 2 aromatic rings. The predicted molar refractivity (Wildman–Crippen MR) is 125 cm³/mol. The second-order valence-electron chi connectivity index (χ2n) is 7.02. The van der Waals surface area contributed by atoms with Gasteiger partial charge < -0.3 is 10.1 Å². The van der Waals surface area contributed by atoms with Gasteiger partial charge in [0.15, 0.2) is 5.17 Å². The number of anilines is 1. The fourth-order valence-electron chi connectivity index (χ4n) is 3.13. The van der Waals surface area contributed by atoms with Crippen molar-refractivity contribution in [2.24, 2.45) is 4.40 Å². The molecule has 170 valence electrons. The van der Waals surface area contributed by atoms with Crippen LogP contribution in [0.2, 0.25) is 0 Å². The van der Waals surface area contributed by atoms with E-state index in [0.29, 0.717) is 11.4 Å². The largest absolute Gasteiger partial charge is 0.497 e.